The van der Waals surface area contributed by atoms with Crippen molar-refractivity contribution >= 4 is 50.9 Å². The van der Waals surface area contributed by atoms with Gasteiger partial charge in [0, 0.05) is 11.4 Å². The van der Waals surface area contributed by atoms with E-state index in [0.717, 1.165) is 21.0 Å². The number of thioether (sulfide) groups is 1. The molecule has 0 amide bonds. The van der Waals surface area contributed by atoms with Crippen LogP contribution < -0.4 is 0 Å². The molecule has 0 unspecified atom stereocenters. The number of esters is 1. The molecule has 1 aromatic heterocycles. The summed E-state index contributed by atoms with van der Waals surface area (Å²) in [4.78, 5) is 15.8. The highest BCUT2D eigenvalue weighted by Gasteiger charge is 2.28. The van der Waals surface area contributed by atoms with Crippen molar-refractivity contribution in [3.05, 3.63) is 23.2 Å². The molecule has 88 valence electrons. The second-order valence-corrected chi connectivity index (χ2v) is 6.57. The minimum Gasteiger partial charge on any atom is -0.465 e. The molecule has 0 bridgehead atoms. The molecule has 2 aromatic rings. The third-order valence-corrected chi connectivity index (χ3v) is 5.07. The molecule has 0 saturated carbocycles. The molecule has 1 saturated heterocycles. The molecule has 0 N–H and O–H groups in total. The Morgan fingerprint density at radius 1 is 1.53 bits per heavy atom. The van der Waals surface area contributed by atoms with Crippen LogP contribution in [-0.2, 0) is 9.53 Å². The maximum Gasteiger partial charge on any atom is 0.319 e. The minimum absolute atomic E-state index is 0.106. The van der Waals surface area contributed by atoms with E-state index >= 15 is 0 Å². The van der Waals surface area contributed by atoms with Gasteiger partial charge in [-0.3, -0.25) is 4.79 Å². The van der Waals surface area contributed by atoms with Gasteiger partial charge in [-0.2, -0.15) is 0 Å². The molecule has 0 radical (unpaired) electrons. The fourth-order valence-corrected chi connectivity index (χ4v) is 4.06. The van der Waals surface area contributed by atoms with Crippen molar-refractivity contribution < 1.29 is 9.53 Å². The lowest BCUT2D eigenvalue weighted by atomic mass is 10.3. The highest BCUT2D eigenvalue weighted by atomic mass is 35.5. The number of carbonyl (C=O) groups excluding carboxylic acids is 1. The maximum absolute atomic E-state index is 11.4. The fraction of sp³-hybridized carbons (Fsp3) is 0.273. The molecule has 1 atom stereocenters. The largest absolute Gasteiger partial charge is 0.465 e. The number of ether oxygens (including phenoxy) is 1. The van der Waals surface area contributed by atoms with Crippen LogP contribution in [0.5, 0.6) is 0 Å². The lowest BCUT2D eigenvalue weighted by molar-refractivity contribution is -0.137. The van der Waals surface area contributed by atoms with Crippen molar-refractivity contribution in [2.24, 2.45) is 0 Å². The van der Waals surface area contributed by atoms with Crippen molar-refractivity contribution in [2.75, 3.05) is 6.61 Å². The van der Waals surface area contributed by atoms with Gasteiger partial charge < -0.3 is 4.74 Å². The first kappa shape index (κ1) is 11.3. The van der Waals surface area contributed by atoms with Gasteiger partial charge >= 0.3 is 5.97 Å². The van der Waals surface area contributed by atoms with Crippen LogP contribution in [0.1, 0.15) is 6.42 Å². The Labute approximate surface area is 111 Å². The topological polar surface area (TPSA) is 39.2 Å². The van der Waals surface area contributed by atoms with E-state index in [0.29, 0.717) is 11.6 Å². The van der Waals surface area contributed by atoms with E-state index in [4.69, 9.17) is 16.3 Å². The molecule has 3 rings (SSSR count). The monoisotopic (exact) mass is 285 g/mol. The lowest BCUT2D eigenvalue weighted by Gasteiger charge is -1.99. The highest BCUT2D eigenvalue weighted by Crippen LogP contribution is 2.35. The number of nitrogens with zero attached hydrogens (tertiary/aromatic N) is 1. The summed E-state index contributed by atoms with van der Waals surface area (Å²) in [5, 5.41) is 0.575. The molecule has 0 spiro atoms. The zero-order valence-corrected chi connectivity index (χ0v) is 11.1. The maximum atomic E-state index is 11.4. The zero-order valence-electron chi connectivity index (χ0n) is 8.68. The number of hydrogen-bond acceptors (Lipinski definition) is 5. The molecule has 0 aliphatic carbocycles. The molecular formula is C11H8ClNO2S2. The Kier molecular flexibility index (Phi) is 2.98. The average molecular weight is 286 g/mol. The third kappa shape index (κ3) is 2.27. The molecule has 17 heavy (non-hydrogen) atoms. The smallest absolute Gasteiger partial charge is 0.319 e. The molecule has 1 aliphatic heterocycles. The number of carbonyl (C=O) groups is 1. The predicted octanol–water partition coefficient (Wildman–Crippen LogP) is 3.36. The summed E-state index contributed by atoms with van der Waals surface area (Å²) >= 11 is 8.97. The zero-order chi connectivity index (χ0) is 11.8. The molecular weight excluding hydrogens is 278 g/mol. The van der Waals surface area contributed by atoms with Crippen molar-refractivity contribution in [1.29, 1.82) is 0 Å². The Balaban J connectivity index is 1.88. The minimum atomic E-state index is -0.132. The second kappa shape index (κ2) is 4.48. The van der Waals surface area contributed by atoms with E-state index < -0.39 is 0 Å². The quantitative estimate of drug-likeness (QED) is 0.793. The SMILES string of the molecule is O=C1OCC[C@H]1Sc1nc2cc(Cl)ccc2s1. The number of halogens is 1. The van der Waals surface area contributed by atoms with Crippen LogP contribution in [0.25, 0.3) is 10.2 Å². The van der Waals surface area contributed by atoms with Crippen molar-refractivity contribution in [2.45, 2.75) is 16.0 Å². The number of benzene rings is 1. The van der Waals surface area contributed by atoms with Gasteiger partial charge in [0.1, 0.15) is 5.25 Å². The molecule has 1 fully saturated rings. The van der Waals surface area contributed by atoms with Gasteiger partial charge in [0.15, 0.2) is 4.34 Å². The van der Waals surface area contributed by atoms with Gasteiger partial charge in [-0.15, -0.1) is 11.3 Å². The molecule has 6 heteroatoms. The Morgan fingerprint density at radius 3 is 3.18 bits per heavy atom. The highest BCUT2D eigenvalue weighted by molar-refractivity contribution is 8.02. The summed E-state index contributed by atoms with van der Waals surface area (Å²) in [5.41, 5.74) is 0.886. The summed E-state index contributed by atoms with van der Waals surface area (Å²) < 4.78 is 6.91. The summed E-state index contributed by atoms with van der Waals surface area (Å²) in [7, 11) is 0. The third-order valence-electron chi connectivity index (χ3n) is 2.46. The van der Waals surface area contributed by atoms with E-state index in [2.05, 4.69) is 4.98 Å². The lowest BCUT2D eigenvalue weighted by Crippen LogP contribution is -2.08. The summed E-state index contributed by atoms with van der Waals surface area (Å²) in [5.74, 6) is -0.132. The predicted molar refractivity (Wildman–Crippen MR) is 69.9 cm³/mol. The number of cyclic esters (lactones) is 1. The number of fused-ring (bicyclic) bond motifs is 1. The van der Waals surface area contributed by atoms with Gasteiger partial charge in [-0.05, 0) is 18.2 Å². The van der Waals surface area contributed by atoms with Gasteiger partial charge in [-0.1, -0.05) is 23.4 Å². The van der Waals surface area contributed by atoms with Crippen LogP contribution in [0.4, 0.5) is 0 Å². The average Bonchev–Trinajstić information content (AvgIpc) is 2.85. The second-order valence-electron chi connectivity index (χ2n) is 3.65. The van der Waals surface area contributed by atoms with E-state index in [1.165, 1.54) is 11.8 Å². The van der Waals surface area contributed by atoms with Crippen LogP contribution in [0.3, 0.4) is 0 Å². The number of aromatic nitrogens is 1. The van der Waals surface area contributed by atoms with Crippen molar-refractivity contribution in [1.82, 2.24) is 4.98 Å². The fourth-order valence-electron chi connectivity index (χ4n) is 1.64. The van der Waals surface area contributed by atoms with E-state index in [-0.39, 0.29) is 11.2 Å². The Bertz CT molecular complexity index is 584. The normalized spacial score (nSPS) is 19.8. The van der Waals surface area contributed by atoms with Crippen molar-refractivity contribution in [3.8, 4) is 0 Å². The van der Waals surface area contributed by atoms with E-state index in [1.54, 1.807) is 11.3 Å². The van der Waals surface area contributed by atoms with Gasteiger partial charge in [0.2, 0.25) is 0 Å². The van der Waals surface area contributed by atoms with Crippen molar-refractivity contribution in [3.63, 3.8) is 0 Å². The van der Waals surface area contributed by atoms with Gasteiger partial charge in [0.05, 0.1) is 16.8 Å². The summed E-state index contributed by atoms with van der Waals surface area (Å²) in [6, 6.07) is 5.64. The van der Waals surface area contributed by atoms with Crippen LogP contribution in [-0.4, -0.2) is 22.8 Å². The Morgan fingerprint density at radius 2 is 2.41 bits per heavy atom. The molecule has 3 nitrogen and oxygen atoms in total. The van der Waals surface area contributed by atoms with Crippen LogP contribution in [0.2, 0.25) is 5.02 Å². The first-order valence-electron chi connectivity index (χ1n) is 5.12. The van der Waals surface area contributed by atoms with Gasteiger partial charge in [0.25, 0.3) is 0 Å². The first-order chi connectivity index (χ1) is 8.22. The van der Waals surface area contributed by atoms with Crippen LogP contribution in [0.15, 0.2) is 22.5 Å². The van der Waals surface area contributed by atoms with Gasteiger partial charge in [-0.25, -0.2) is 4.98 Å². The van der Waals surface area contributed by atoms with E-state index in [9.17, 15) is 4.79 Å². The summed E-state index contributed by atoms with van der Waals surface area (Å²) in [6.07, 6.45) is 0.764. The molecule has 2 heterocycles. The number of hydrogen-bond donors (Lipinski definition) is 0. The molecule has 1 aliphatic rings. The molecule has 1 aromatic carbocycles. The first-order valence-corrected chi connectivity index (χ1v) is 7.19. The van der Waals surface area contributed by atoms with Crippen LogP contribution >= 0.6 is 34.7 Å². The number of rotatable bonds is 2. The summed E-state index contributed by atoms with van der Waals surface area (Å²) in [6.45, 7) is 0.521. The standard InChI is InChI=1S/C11H8ClNO2S2/c12-6-1-2-8-7(5-6)13-11(16-8)17-9-3-4-15-10(9)14/h1-2,5,9H,3-4H2/t9-/m1/s1. The van der Waals surface area contributed by atoms with E-state index in [1.807, 2.05) is 18.2 Å². The van der Waals surface area contributed by atoms with Crippen LogP contribution in [0, 0.1) is 0 Å². The number of thiazole rings is 1. The Hall–Kier alpha value is -0.780.